The molecule has 76 valence electrons. The van der Waals surface area contributed by atoms with Crippen molar-refractivity contribution in [3.8, 4) is 0 Å². The minimum atomic E-state index is -0.756. The molecule has 4 heteroatoms. The Bertz CT molecular complexity index is 365. The zero-order valence-electron chi connectivity index (χ0n) is 7.79. The lowest BCUT2D eigenvalue weighted by atomic mass is 9.97. The average molecular weight is 259 g/mol. The monoisotopic (exact) mass is 258 g/mol. The molecule has 14 heavy (non-hydrogen) atoms. The van der Waals surface area contributed by atoms with Crippen LogP contribution in [-0.4, -0.2) is 11.1 Å². The van der Waals surface area contributed by atoms with Gasteiger partial charge in [0.05, 0.1) is 5.92 Å². The Labute approximate surface area is 90.2 Å². The fourth-order valence-corrected chi connectivity index (χ4v) is 2.35. The molecule has 1 saturated carbocycles. The number of aliphatic carboxylic acids is 1. The molecule has 0 aromatic carbocycles. The Balaban J connectivity index is 2.34. The van der Waals surface area contributed by atoms with Crippen molar-refractivity contribution in [1.82, 2.24) is 0 Å². The third-order valence-electron chi connectivity index (χ3n) is 2.53. The van der Waals surface area contributed by atoms with Crippen molar-refractivity contribution in [3.63, 3.8) is 0 Å². The van der Waals surface area contributed by atoms with E-state index in [4.69, 9.17) is 9.52 Å². The van der Waals surface area contributed by atoms with Crippen LogP contribution in [0.2, 0.25) is 0 Å². The molecule has 3 nitrogen and oxygen atoms in total. The van der Waals surface area contributed by atoms with Gasteiger partial charge in [0, 0.05) is 5.56 Å². The molecule has 1 unspecified atom stereocenters. The van der Waals surface area contributed by atoms with Crippen LogP contribution in [0.25, 0.3) is 0 Å². The van der Waals surface area contributed by atoms with Crippen molar-refractivity contribution < 1.29 is 14.3 Å². The van der Waals surface area contributed by atoms with Crippen LogP contribution in [0, 0.1) is 12.8 Å². The summed E-state index contributed by atoms with van der Waals surface area (Å²) in [5.41, 5.74) is 0.775. The number of aryl methyl sites for hydroxylation is 1. The molecule has 1 aliphatic rings. The molecule has 0 saturated heterocycles. The molecule has 1 aromatic rings. The van der Waals surface area contributed by atoms with E-state index in [1.54, 1.807) is 6.07 Å². The fraction of sp³-hybridized carbons (Fsp3) is 0.500. The second-order valence-electron chi connectivity index (χ2n) is 3.74. The van der Waals surface area contributed by atoms with Gasteiger partial charge in [-0.1, -0.05) is 0 Å². The van der Waals surface area contributed by atoms with Gasteiger partial charge in [0.1, 0.15) is 5.76 Å². The summed E-state index contributed by atoms with van der Waals surface area (Å²) in [6.07, 6.45) is 2.02. The molecule has 1 aromatic heterocycles. The van der Waals surface area contributed by atoms with Gasteiger partial charge in [-0.05, 0) is 47.7 Å². The van der Waals surface area contributed by atoms with Crippen LogP contribution in [0.3, 0.4) is 0 Å². The van der Waals surface area contributed by atoms with Crippen LogP contribution in [0.15, 0.2) is 15.2 Å². The average Bonchev–Trinajstić information content (AvgIpc) is 2.81. The SMILES string of the molecule is Cc1cc(C(C(=O)O)C2CC2)c(Br)o1. The van der Waals surface area contributed by atoms with Crippen molar-refractivity contribution in [1.29, 1.82) is 0 Å². The summed E-state index contributed by atoms with van der Waals surface area (Å²) in [5, 5.41) is 9.11. The summed E-state index contributed by atoms with van der Waals surface area (Å²) in [4.78, 5) is 11.1. The largest absolute Gasteiger partial charge is 0.481 e. The molecule has 0 spiro atoms. The lowest BCUT2D eigenvalue weighted by molar-refractivity contribution is -0.139. The van der Waals surface area contributed by atoms with Crippen LogP contribution in [0.1, 0.15) is 30.1 Å². The zero-order valence-corrected chi connectivity index (χ0v) is 9.37. The molecular formula is C10H11BrO3. The van der Waals surface area contributed by atoms with Crippen molar-refractivity contribution in [3.05, 3.63) is 22.1 Å². The van der Waals surface area contributed by atoms with Gasteiger partial charge in [-0.2, -0.15) is 0 Å². The van der Waals surface area contributed by atoms with E-state index in [1.807, 2.05) is 6.92 Å². The van der Waals surface area contributed by atoms with Crippen LogP contribution in [0.4, 0.5) is 0 Å². The van der Waals surface area contributed by atoms with Gasteiger partial charge in [0.15, 0.2) is 4.67 Å². The van der Waals surface area contributed by atoms with Gasteiger partial charge in [-0.25, -0.2) is 0 Å². The fourth-order valence-electron chi connectivity index (χ4n) is 1.74. The van der Waals surface area contributed by atoms with Crippen molar-refractivity contribution in [2.45, 2.75) is 25.7 Å². The Kier molecular flexibility index (Phi) is 2.39. The maximum absolute atomic E-state index is 11.1. The highest BCUT2D eigenvalue weighted by molar-refractivity contribution is 9.10. The van der Waals surface area contributed by atoms with Gasteiger partial charge >= 0.3 is 5.97 Å². The molecule has 0 bridgehead atoms. The van der Waals surface area contributed by atoms with Gasteiger partial charge in [-0.15, -0.1) is 0 Å². The van der Waals surface area contributed by atoms with E-state index >= 15 is 0 Å². The van der Waals surface area contributed by atoms with E-state index < -0.39 is 11.9 Å². The van der Waals surface area contributed by atoms with Gasteiger partial charge in [0.25, 0.3) is 0 Å². The van der Waals surface area contributed by atoms with Crippen LogP contribution in [-0.2, 0) is 4.79 Å². The van der Waals surface area contributed by atoms with E-state index in [2.05, 4.69) is 15.9 Å². The second kappa shape index (κ2) is 3.42. The first-order valence-corrected chi connectivity index (χ1v) is 5.37. The number of carboxylic acid groups (broad SMARTS) is 1. The van der Waals surface area contributed by atoms with Crippen LogP contribution >= 0.6 is 15.9 Å². The normalized spacial score (nSPS) is 18.1. The maximum Gasteiger partial charge on any atom is 0.311 e. The third-order valence-corrected chi connectivity index (χ3v) is 3.15. The van der Waals surface area contributed by atoms with E-state index in [-0.39, 0.29) is 0 Å². The topological polar surface area (TPSA) is 50.4 Å². The van der Waals surface area contributed by atoms with E-state index in [1.165, 1.54) is 0 Å². The molecule has 2 rings (SSSR count). The molecule has 1 fully saturated rings. The first-order valence-electron chi connectivity index (χ1n) is 4.58. The molecule has 1 heterocycles. The van der Waals surface area contributed by atoms with E-state index in [0.717, 1.165) is 24.2 Å². The summed E-state index contributed by atoms with van der Waals surface area (Å²) in [6.45, 7) is 1.82. The molecular weight excluding hydrogens is 248 g/mol. The number of rotatable bonds is 3. The van der Waals surface area contributed by atoms with Crippen LogP contribution in [0.5, 0.6) is 0 Å². The third kappa shape index (κ3) is 1.71. The number of furan rings is 1. The summed E-state index contributed by atoms with van der Waals surface area (Å²) in [7, 11) is 0. The van der Waals surface area contributed by atoms with E-state index in [0.29, 0.717) is 10.6 Å². The lowest BCUT2D eigenvalue weighted by Crippen LogP contribution is -2.13. The molecule has 1 N–H and O–H groups in total. The quantitative estimate of drug-likeness (QED) is 0.907. The zero-order chi connectivity index (χ0) is 10.3. The maximum atomic E-state index is 11.1. The number of hydrogen-bond acceptors (Lipinski definition) is 2. The Morgan fingerprint density at radius 2 is 2.36 bits per heavy atom. The van der Waals surface area contributed by atoms with Gasteiger partial charge in [0.2, 0.25) is 0 Å². The predicted octanol–water partition coefficient (Wildman–Crippen LogP) is 2.93. The van der Waals surface area contributed by atoms with Crippen molar-refractivity contribution in [2.24, 2.45) is 5.92 Å². The summed E-state index contributed by atoms with van der Waals surface area (Å²) < 4.78 is 5.84. The molecule has 0 aliphatic heterocycles. The summed E-state index contributed by atoms with van der Waals surface area (Å²) in [5.74, 6) is -0.115. The predicted molar refractivity (Wildman–Crippen MR) is 54.2 cm³/mol. The van der Waals surface area contributed by atoms with E-state index in [9.17, 15) is 4.79 Å². The smallest absolute Gasteiger partial charge is 0.311 e. The Morgan fingerprint density at radius 3 is 2.71 bits per heavy atom. The van der Waals surface area contributed by atoms with Crippen molar-refractivity contribution in [2.75, 3.05) is 0 Å². The first-order chi connectivity index (χ1) is 6.59. The highest BCUT2D eigenvalue weighted by atomic mass is 79.9. The first kappa shape index (κ1) is 9.77. The van der Waals surface area contributed by atoms with Crippen molar-refractivity contribution >= 4 is 21.9 Å². The lowest BCUT2D eigenvalue weighted by Gasteiger charge is -2.08. The van der Waals surface area contributed by atoms with Gasteiger partial charge in [-0.3, -0.25) is 4.79 Å². The second-order valence-corrected chi connectivity index (χ2v) is 4.46. The number of halogens is 1. The standard InChI is InChI=1S/C10H11BrO3/c1-5-4-7(9(11)14-5)8(10(12)13)6-2-3-6/h4,6,8H,2-3H2,1H3,(H,12,13). The number of hydrogen-bond donors (Lipinski definition) is 1. The number of carboxylic acids is 1. The highest BCUT2D eigenvalue weighted by Gasteiger charge is 2.39. The summed E-state index contributed by atoms with van der Waals surface area (Å²) >= 11 is 3.25. The summed E-state index contributed by atoms with van der Waals surface area (Å²) in [6, 6.07) is 1.81. The minimum Gasteiger partial charge on any atom is -0.481 e. The van der Waals surface area contributed by atoms with Gasteiger partial charge < -0.3 is 9.52 Å². The van der Waals surface area contributed by atoms with Crippen LogP contribution < -0.4 is 0 Å². The number of carbonyl (C=O) groups is 1. The molecule has 0 radical (unpaired) electrons. The Hall–Kier alpha value is -0.770. The highest BCUT2D eigenvalue weighted by Crippen LogP contribution is 2.45. The Morgan fingerprint density at radius 1 is 1.71 bits per heavy atom. The molecule has 1 atom stereocenters. The molecule has 1 aliphatic carbocycles. The minimum absolute atomic E-state index is 0.292. The molecule has 0 amide bonds.